The molecule has 0 amide bonds. The minimum Gasteiger partial charge on any atom is -0.493 e. The first-order valence-corrected chi connectivity index (χ1v) is 5.91. The van der Waals surface area contributed by atoms with E-state index in [1.54, 1.807) is 31.4 Å². The van der Waals surface area contributed by atoms with Crippen LogP contribution in [0.1, 0.15) is 11.3 Å². The minimum atomic E-state index is -0.0775. The average Bonchev–Trinajstić information content (AvgIpc) is 2.48. The number of aromatic nitrogens is 1. The lowest BCUT2D eigenvalue weighted by Gasteiger charge is -2.10. The van der Waals surface area contributed by atoms with Crippen LogP contribution in [-0.4, -0.2) is 23.1 Å². The van der Waals surface area contributed by atoms with Crippen LogP contribution in [-0.2, 0) is 0 Å². The summed E-state index contributed by atoms with van der Waals surface area (Å²) >= 11 is 0. The third-order valence-corrected chi connectivity index (χ3v) is 2.63. The monoisotopic (exact) mass is 273 g/mol. The standard InChI is InChI=1S/C14H15N3O3/c1-9-6-7-11(12(8-9)19-2)20-13-5-3-4-10(16-13)14(15)17-18/h3-8,18H,1-2H3,(H2,15,17). The molecule has 1 heterocycles. The van der Waals surface area contributed by atoms with Crippen LogP contribution in [0.15, 0.2) is 41.6 Å². The molecule has 1 aromatic heterocycles. The van der Waals surface area contributed by atoms with Crippen LogP contribution in [0.5, 0.6) is 17.4 Å². The van der Waals surface area contributed by atoms with Gasteiger partial charge in [0.2, 0.25) is 5.88 Å². The highest BCUT2D eigenvalue weighted by molar-refractivity contribution is 5.95. The van der Waals surface area contributed by atoms with Gasteiger partial charge in [0.25, 0.3) is 0 Å². The molecule has 104 valence electrons. The summed E-state index contributed by atoms with van der Waals surface area (Å²) in [6.07, 6.45) is 0. The van der Waals surface area contributed by atoms with Crippen LogP contribution >= 0.6 is 0 Å². The molecule has 0 saturated carbocycles. The molecule has 0 aliphatic rings. The van der Waals surface area contributed by atoms with E-state index in [4.69, 9.17) is 20.4 Å². The molecule has 0 saturated heterocycles. The molecule has 2 rings (SSSR count). The molecule has 0 spiro atoms. The van der Waals surface area contributed by atoms with Gasteiger partial charge in [-0.3, -0.25) is 0 Å². The third-order valence-electron chi connectivity index (χ3n) is 2.63. The highest BCUT2D eigenvalue weighted by Gasteiger charge is 2.08. The Labute approximate surface area is 116 Å². The highest BCUT2D eigenvalue weighted by atomic mass is 16.5. The number of rotatable bonds is 4. The van der Waals surface area contributed by atoms with Gasteiger partial charge >= 0.3 is 0 Å². The normalized spacial score (nSPS) is 11.2. The number of pyridine rings is 1. The maximum absolute atomic E-state index is 8.64. The van der Waals surface area contributed by atoms with E-state index in [0.717, 1.165) is 5.56 Å². The lowest BCUT2D eigenvalue weighted by atomic mass is 10.2. The zero-order chi connectivity index (χ0) is 14.5. The molecule has 0 unspecified atom stereocenters. The number of oxime groups is 1. The lowest BCUT2D eigenvalue weighted by molar-refractivity contribution is 0.318. The van der Waals surface area contributed by atoms with Gasteiger partial charge < -0.3 is 20.4 Å². The van der Waals surface area contributed by atoms with Crippen molar-refractivity contribution < 1.29 is 14.7 Å². The van der Waals surface area contributed by atoms with E-state index in [-0.39, 0.29) is 5.84 Å². The highest BCUT2D eigenvalue weighted by Crippen LogP contribution is 2.31. The average molecular weight is 273 g/mol. The second-order valence-electron chi connectivity index (χ2n) is 4.10. The molecule has 20 heavy (non-hydrogen) atoms. The maximum atomic E-state index is 8.64. The first kappa shape index (κ1) is 13.7. The van der Waals surface area contributed by atoms with Gasteiger partial charge in [-0.25, -0.2) is 4.98 Å². The number of ether oxygens (including phenoxy) is 2. The van der Waals surface area contributed by atoms with Crippen LogP contribution in [0.3, 0.4) is 0 Å². The first-order chi connectivity index (χ1) is 9.63. The Kier molecular flexibility index (Phi) is 4.05. The van der Waals surface area contributed by atoms with E-state index < -0.39 is 0 Å². The Morgan fingerprint density at radius 3 is 2.75 bits per heavy atom. The fourth-order valence-corrected chi connectivity index (χ4v) is 1.64. The fraction of sp³-hybridized carbons (Fsp3) is 0.143. The zero-order valence-corrected chi connectivity index (χ0v) is 11.2. The molecule has 0 aliphatic carbocycles. The zero-order valence-electron chi connectivity index (χ0n) is 11.2. The molecule has 1 aromatic carbocycles. The molecule has 0 radical (unpaired) electrons. The Balaban J connectivity index is 2.31. The second kappa shape index (κ2) is 5.92. The SMILES string of the molecule is COc1cc(C)ccc1Oc1cccc(C(N)=NO)n1. The van der Waals surface area contributed by atoms with Gasteiger partial charge in [0.05, 0.1) is 7.11 Å². The molecule has 6 nitrogen and oxygen atoms in total. The smallest absolute Gasteiger partial charge is 0.220 e. The number of hydrogen-bond acceptors (Lipinski definition) is 5. The maximum Gasteiger partial charge on any atom is 0.220 e. The number of benzene rings is 1. The quantitative estimate of drug-likeness (QED) is 0.386. The summed E-state index contributed by atoms with van der Waals surface area (Å²) in [5.74, 6) is 1.41. The molecule has 0 fully saturated rings. The van der Waals surface area contributed by atoms with Crippen LogP contribution in [0.2, 0.25) is 0 Å². The van der Waals surface area contributed by atoms with Gasteiger partial charge in [-0.2, -0.15) is 0 Å². The molecule has 2 aromatic rings. The fourth-order valence-electron chi connectivity index (χ4n) is 1.64. The van der Waals surface area contributed by atoms with Crippen molar-refractivity contribution >= 4 is 5.84 Å². The third kappa shape index (κ3) is 2.97. The van der Waals surface area contributed by atoms with E-state index in [9.17, 15) is 0 Å². The van der Waals surface area contributed by atoms with Crippen molar-refractivity contribution in [2.45, 2.75) is 6.92 Å². The van der Waals surface area contributed by atoms with Crippen molar-refractivity contribution in [3.63, 3.8) is 0 Å². The molecule has 6 heteroatoms. The summed E-state index contributed by atoms with van der Waals surface area (Å²) in [6.45, 7) is 1.96. The van der Waals surface area contributed by atoms with Crippen molar-refractivity contribution in [3.8, 4) is 17.4 Å². The van der Waals surface area contributed by atoms with Gasteiger partial charge in [-0.15, -0.1) is 0 Å². The number of aryl methyl sites for hydroxylation is 1. The van der Waals surface area contributed by atoms with E-state index in [1.165, 1.54) is 0 Å². The van der Waals surface area contributed by atoms with E-state index >= 15 is 0 Å². The molecule has 0 bridgehead atoms. The van der Waals surface area contributed by atoms with Gasteiger partial charge in [-0.05, 0) is 30.7 Å². The van der Waals surface area contributed by atoms with Crippen LogP contribution < -0.4 is 15.2 Å². The topological polar surface area (TPSA) is 90.0 Å². The Morgan fingerprint density at radius 1 is 1.25 bits per heavy atom. The van der Waals surface area contributed by atoms with Crippen molar-refractivity contribution in [1.82, 2.24) is 4.98 Å². The first-order valence-electron chi connectivity index (χ1n) is 5.91. The Bertz CT molecular complexity index is 641. The molecule has 0 aliphatic heterocycles. The van der Waals surface area contributed by atoms with Gasteiger partial charge in [0.15, 0.2) is 17.3 Å². The summed E-state index contributed by atoms with van der Waals surface area (Å²) in [5.41, 5.74) is 6.88. The van der Waals surface area contributed by atoms with Crippen molar-refractivity contribution in [1.29, 1.82) is 0 Å². The van der Waals surface area contributed by atoms with E-state index in [2.05, 4.69) is 10.1 Å². The molecular formula is C14H15N3O3. The lowest BCUT2D eigenvalue weighted by Crippen LogP contribution is -2.14. The second-order valence-corrected chi connectivity index (χ2v) is 4.10. The number of methoxy groups -OCH3 is 1. The van der Waals surface area contributed by atoms with Crippen LogP contribution in [0.25, 0.3) is 0 Å². The van der Waals surface area contributed by atoms with Crippen LogP contribution in [0.4, 0.5) is 0 Å². The number of nitrogens with two attached hydrogens (primary N) is 1. The molecule has 3 N–H and O–H groups in total. The van der Waals surface area contributed by atoms with Gasteiger partial charge in [-0.1, -0.05) is 17.3 Å². The Morgan fingerprint density at radius 2 is 2.05 bits per heavy atom. The molecular weight excluding hydrogens is 258 g/mol. The van der Waals surface area contributed by atoms with Gasteiger partial charge in [0, 0.05) is 6.07 Å². The summed E-state index contributed by atoms with van der Waals surface area (Å²) in [4.78, 5) is 4.14. The summed E-state index contributed by atoms with van der Waals surface area (Å²) < 4.78 is 10.9. The number of amidine groups is 1. The van der Waals surface area contributed by atoms with Crippen molar-refractivity contribution in [2.75, 3.05) is 7.11 Å². The van der Waals surface area contributed by atoms with Crippen molar-refractivity contribution in [2.24, 2.45) is 10.9 Å². The number of nitrogens with zero attached hydrogens (tertiary/aromatic N) is 2. The van der Waals surface area contributed by atoms with E-state index in [1.807, 2.05) is 19.1 Å². The van der Waals surface area contributed by atoms with E-state index in [0.29, 0.717) is 23.1 Å². The largest absolute Gasteiger partial charge is 0.493 e. The molecule has 0 atom stereocenters. The Hall–Kier alpha value is -2.76. The summed E-state index contributed by atoms with van der Waals surface area (Å²) in [7, 11) is 1.57. The van der Waals surface area contributed by atoms with Gasteiger partial charge in [0.1, 0.15) is 5.69 Å². The minimum absolute atomic E-state index is 0.0775. The predicted molar refractivity (Wildman–Crippen MR) is 74.6 cm³/mol. The van der Waals surface area contributed by atoms with Crippen LogP contribution in [0, 0.1) is 6.92 Å². The predicted octanol–water partition coefficient (Wildman–Crippen LogP) is 2.29. The summed E-state index contributed by atoms with van der Waals surface area (Å²) in [5, 5.41) is 11.5. The summed E-state index contributed by atoms with van der Waals surface area (Å²) in [6, 6.07) is 10.6. The number of hydrogen-bond donors (Lipinski definition) is 2. The van der Waals surface area contributed by atoms with Crippen molar-refractivity contribution in [3.05, 3.63) is 47.7 Å².